The number of allylic oxidation sites excluding steroid dienone is 3. The quantitative estimate of drug-likeness (QED) is 0.313. The number of ether oxygens (including phenoxy) is 1. The van der Waals surface area contributed by atoms with Crippen molar-refractivity contribution in [2.45, 2.75) is 58.9 Å². The first-order chi connectivity index (χ1) is 15.9. The molecule has 0 atom stereocenters. The summed E-state index contributed by atoms with van der Waals surface area (Å²) in [5.41, 5.74) is 5.48. The van der Waals surface area contributed by atoms with Crippen LogP contribution in [0.3, 0.4) is 0 Å². The molecule has 0 aliphatic heterocycles. The maximum absolute atomic E-state index is 10.4. The number of fused-ring (bicyclic) bond motifs is 1. The molecular weight excluding hydrogens is 466 g/mol. The lowest BCUT2D eigenvalue weighted by atomic mass is 9.75. The molecule has 0 amide bonds. The van der Waals surface area contributed by atoms with E-state index in [0.717, 1.165) is 24.3 Å². The normalized spacial score (nSPS) is 16.7. The topological polar surface area (TPSA) is 70.3 Å². The van der Waals surface area contributed by atoms with Gasteiger partial charge in [0.2, 0.25) is 5.52 Å². The Bertz CT molecular complexity index is 1330. The summed E-state index contributed by atoms with van der Waals surface area (Å²) in [4.78, 5) is -0.178. The van der Waals surface area contributed by atoms with E-state index >= 15 is 0 Å². The number of hydrogen-bond acceptors (Lipinski definition) is 5. The molecule has 3 aromatic rings. The second-order valence-corrected chi connectivity index (χ2v) is 12.0. The van der Waals surface area contributed by atoms with Crippen LogP contribution in [0.5, 0.6) is 5.75 Å². The fourth-order valence-corrected chi connectivity index (χ4v) is 6.04. The number of nitrogens with zero attached hydrogens (tertiary/aromatic N) is 1. The number of hydrogen-bond donors (Lipinski definition) is 0. The third kappa shape index (κ3) is 6.56. The molecule has 34 heavy (non-hydrogen) atoms. The molecule has 0 radical (unpaired) electrons. The summed E-state index contributed by atoms with van der Waals surface area (Å²) >= 11 is 1.86. The molecule has 5 nitrogen and oxygen atoms in total. The molecule has 0 unspecified atom stereocenters. The Kier molecular flexibility index (Phi) is 8.01. The summed E-state index contributed by atoms with van der Waals surface area (Å²) in [6.07, 6.45) is 7.09. The molecular formula is C27H33NO4S2. The van der Waals surface area contributed by atoms with E-state index in [1.807, 2.05) is 24.3 Å². The van der Waals surface area contributed by atoms with Crippen LogP contribution in [-0.4, -0.2) is 20.1 Å². The number of aryl methyl sites for hydroxylation is 2. The lowest BCUT2D eigenvalue weighted by Crippen LogP contribution is -2.33. The number of thiazole rings is 1. The minimum absolute atomic E-state index is 0.178. The smallest absolute Gasteiger partial charge is 0.263 e. The zero-order valence-corrected chi connectivity index (χ0v) is 22.3. The molecule has 1 heterocycles. The van der Waals surface area contributed by atoms with Gasteiger partial charge in [-0.05, 0) is 68.9 Å². The average molecular weight is 500 g/mol. The van der Waals surface area contributed by atoms with E-state index in [-0.39, 0.29) is 4.90 Å². The fourth-order valence-electron chi connectivity index (χ4n) is 4.39. The van der Waals surface area contributed by atoms with E-state index in [4.69, 9.17) is 4.74 Å². The summed E-state index contributed by atoms with van der Waals surface area (Å²) in [6, 6.07) is 12.1. The van der Waals surface area contributed by atoms with Crippen LogP contribution in [0.25, 0.3) is 16.3 Å². The lowest BCUT2D eigenvalue weighted by Gasteiger charge is -2.29. The molecule has 2 aromatic carbocycles. The Morgan fingerprint density at radius 3 is 2.35 bits per heavy atom. The Morgan fingerprint density at radius 2 is 1.79 bits per heavy atom. The lowest BCUT2D eigenvalue weighted by molar-refractivity contribution is -0.665. The van der Waals surface area contributed by atoms with E-state index in [9.17, 15) is 13.0 Å². The van der Waals surface area contributed by atoms with Gasteiger partial charge in [0.05, 0.1) is 18.1 Å². The van der Waals surface area contributed by atoms with Gasteiger partial charge in [-0.1, -0.05) is 54.5 Å². The van der Waals surface area contributed by atoms with Gasteiger partial charge in [-0.3, -0.25) is 0 Å². The van der Waals surface area contributed by atoms with Gasteiger partial charge in [-0.15, -0.1) is 0 Å². The van der Waals surface area contributed by atoms with Crippen LogP contribution in [0, 0.1) is 12.3 Å². The minimum atomic E-state index is -4.27. The van der Waals surface area contributed by atoms with Crippen molar-refractivity contribution in [1.82, 2.24) is 0 Å². The van der Waals surface area contributed by atoms with Crippen molar-refractivity contribution in [3.63, 3.8) is 0 Å². The van der Waals surface area contributed by atoms with Crippen molar-refractivity contribution in [2.24, 2.45) is 5.41 Å². The van der Waals surface area contributed by atoms with E-state index in [1.165, 1.54) is 44.9 Å². The zero-order valence-electron chi connectivity index (χ0n) is 20.7. The summed E-state index contributed by atoms with van der Waals surface area (Å²) in [5, 5.41) is 1.33. The highest BCUT2D eigenvalue weighted by Crippen LogP contribution is 2.38. The van der Waals surface area contributed by atoms with Crippen molar-refractivity contribution in [2.75, 3.05) is 7.11 Å². The van der Waals surface area contributed by atoms with Gasteiger partial charge >= 0.3 is 0 Å². The molecule has 4 rings (SSSR count). The highest BCUT2D eigenvalue weighted by atomic mass is 32.2. The minimum Gasteiger partial charge on any atom is -0.744 e. The third-order valence-corrected chi connectivity index (χ3v) is 7.71. The van der Waals surface area contributed by atoms with Crippen molar-refractivity contribution >= 4 is 37.7 Å². The average Bonchev–Trinajstić information content (AvgIpc) is 3.08. The second-order valence-electron chi connectivity index (χ2n) is 9.51. The number of aromatic nitrogens is 1. The van der Waals surface area contributed by atoms with Gasteiger partial charge in [0.15, 0.2) is 0 Å². The molecule has 7 heteroatoms. The van der Waals surface area contributed by atoms with Crippen LogP contribution in [0.1, 0.15) is 51.1 Å². The van der Waals surface area contributed by atoms with E-state index in [0.29, 0.717) is 5.41 Å². The Balaban J connectivity index is 0.000000248. The van der Waals surface area contributed by atoms with Crippen LogP contribution >= 0.6 is 11.3 Å². The third-order valence-electron chi connectivity index (χ3n) is 5.74. The molecule has 1 aromatic heterocycles. The van der Waals surface area contributed by atoms with Crippen molar-refractivity contribution in [3.8, 4) is 5.75 Å². The molecule has 182 valence electrons. The van der Waals surface area contributed by atoms with Gasteiger partial charge in [0.25, 0.3) is 5.01 Å². The van der Waals surface area contributed by atoms with Gasteiger partial charge in [0, 0.05) is 6.08 Å². The second kappa shape index (κ2) is 10.4. The SMILES string of the molecule is CC[n+]1c(C=C2C=C(C)CC(C)(C)C2)sc2ccc(OC)cc21.Cc1ccc(S(=O)(=O)[O-])cc1. The Hall–Kier alpha value is -2.48. The number of methoxy groups -OCH3 is 1. The van der Waals surface area contributed by atoms with E-state index < -0.39 is 10.1 Å². The molecule has 0 bridgehead atoms. The number of rotatable bonds is 4. The van der Waals surface area contributed by atoms with Crippen LogP contribution in [0.4, 0.5) is 0 Å². The molecule has 0 N–H and O–H groups in total. The van der Waals surface area contributed by atoms with Crippen molar-refractivity contribution < 1.29 is 22.3 Å². The van der Waals surface area contributed by atoms with Crippen molar-refractivity contribution in [3.05, 3.63) is 70.3 Å². The first-order valence-corrected chi connectivity index (χ1v) is 13.5. The first kappa shape index (κ1) is 26.1. The molecule has 1 aliphatic carbocycles. The summed E-state index contributed by atoms with van der Waals surface area (Å²) in [5.74, 6) is 0.922. The summed E-state index contributed by atoms with van der Waals surface area (Å²) in [7, 11) is -2.54. The van der Waals surface area contributed by atoms with E-state index in [1.54, 1.807) is 19.2 Å². The zero-order chi connectivity index (χ0) is 25.1. The maximum atomic E-state index is 10.4. The largest absolute Gasteiger partial charge is 0.744 e. The van der Waals surface area contributed by atoms with Gasteiger partial charge < -0.3 is 9.29 Å². The molecule has 0 fully saturated rings. The predicted octanol–water partition coefficient (Wildman–Crippen LogP) is 6.27. The van der Waals surface area contributed by atoms with Gasteiger partial charge in [-0.2, -0.15) is 4.57 Å². The molecule has 0 saturated heterocycles. The first-order valence-electron chi connectivity index (χ1n) is 11.3. The molecule has 1 aliphatic rings. The monoisotopic (exact) mass is 499 g/mol. The van der Waals surface area contributed by atoms with E-state index in [2.05, 4.69) is 56.5 Å². The van der Waals surface area contributed by atoms with Gasteiger partial charge in [0.1, 0.15) is 27.1 Å². The summed E-state index contributed by atoms with van der Waals surface area (Å²) in [6.45, 7) is 12.0. The standard InChI is InChI=1S/C20H26NOS.C7H8O3S/c1-6-21-17-11-16(22-5)7-8-18(17)23-19(21)10-15-9-14(2)12-20(3,4)13-15;1-6-2-4-7(5-3-6)11(8,9)10/h7-11H,6,12-13H2,1-5H3;2-5H,1H3,(H,8,9,10)/q+1;/p-1. The van der Waals surface area contributed by atoms with Crippen LogP contribution in [0.2, 0.25) is 0 Å². The maximum Gasteiger partial charge on any atom is 0.263 e. The predicted molar refractivity (Wildman–Crippen MR) is 138 cm³/mol. The summed E-state index contributed by atoms with van der Waals surface area (Å²) < 4.78 is 40.3. The Morgan fingerprint density at radius 1 is 1.12 bits per heavy atom. The molecule has 0 spiro atoms. The van der Waals surface area contributed by atoms with Crippen LogP contribution < -0.4 is 9.30 Å². The highest BCUT2D eigenvalue weighted by Gasteiger charge is 2.25. The highest BCUT2D eigenvalue weighted by molar-refractivity contribution is 7.85. The van der Waals surface area contributed by atoms with Gasteiger partial charge in [-0.25, -0.2) is 8.42 Å². The van der Waals surface area contributed by atoms with Crippen LogP contribution in [0.15, 0.2) is 64.6 Å². The van der Waals surface area contributed by atoms with Crippen LogP contribution in [-0.2, 0) is 16.7 Å². The fraction of sp³-hybridized carbons (Fsp3) is 0.370. The molecule has 0 saturated carbocycles. The number of benzene rings is 2. The van der Waals surface area contributed by atoms with Crippen molar-refractivity contribution in [1.29, 1.82) is 0 Å². The Labute approximate surface area is 207 Å².